The molecular weight excluding hydrogens is 320 g/mol. The van der Waals surface area contributed by atoms with E-state index in [1.54, 1.807) is 0 Å². The van der Waals surface area contributed by atoms with Gasteiger partial charge in [0.25, 0.3) is 0 Å². The molecule has 0 saturated heterocycles. The molecule has 1 aliphatic carbocycles. The minimum Gasteiger partial charge on any atom is -0.326 e. The average molecular weight is 344 g/mol. The zero-order valence-electron chi connectivity index (χ0n) is 14.9. The van der Waals surface area contributed by atoms with E-state index in [0.29, 0.717) is 6.42 Å². The minimum absolute atomic E-state index is 0.112. The van der Waals surface area contributed by atoms with Crippen LogP contribution in [0, 0.1) is 5.92 Å². The second-order valence-electron chi connectivity index (χ2n) is 7.21. The van der Waals surface area contributed by atoms with E-state index in [1.165, 1.54) is 25.7 Å². The van der Waals surface area contributed by atoms with Crippen molar-refractivity contribution < 1.29 is 4.79 Å². The lowest BCUT2D eigenvalue weighted by molar-refractivity contribution is -0.116. The molecule has 0 aliphatic heterocycles. The average Bonchev–Trinajstić information content (AvgIpc) is 3.20. The quantitative estimate of drug-likeness (QED) is 0.634. The number of amides is 1. The maximum absolute atomic E-state index is 12.3. The van der Waals surface area contributed by atoms with Crippen LogP contribution >= 0.6 is 0 Å². The van der Waals surface area contributed by atoms with E-state index in [-0.39, 0.29) is 5.91 Å². The molecule has 0 spiro atoms. The van der Waals surface area contributed by atoms with Crippen LogP contribution < -0.4 is 5.32 Å². The number of pyridine rings is 1. The third-order valence-electron chi connectivity index (χ3n) is 5.29. The molecule has 0 atom stereocenters. The van der Waals surface area contributed by atoms with Gasteiger partial charge in [0.15, 0.2) is 0 Å². The van der Waals surface area contributed by atoms with Gasteiger partial charge < -0.3 is 5.32 Å². The largest absolute Gasteiger partial charge is 0.326 e. The van der Waals surface area contributed by atoms with Gasteiger partial charge in [0.2, 0.25) is 5.91 Å². The SMILES string of the molecule is O=C(CCC1CCCC1)Nc1cccc(-c2ccc3ccccc3n2)c1. The molecule has 1 saturated carbocycles. The second kappa shape index (κ2) is 7.69. The molecule has 0 radical (unpaired) electrons. The van der Waals surface area contributed by atoms with Crippen molar-refractivity contribution in [1.29, 1.82) is 0 Å². The van der Waals surface area contributed by atoms with Crippen LogP contribution in [-0.4, -0.2) is 10.9 Å². The van der Waals surface area contributed by atoms with Crippen LogP contribution in [0.25, 0.3) is 22.2 Å². The van der Waals surface area contributed by atoms with Crippen molar-refractivity contribution in [1.82, 2.24) is 4.98 Å². The monoisotopic (exact) mass is 344 g/mol. The molecule has 26 heavy (non-hydrogen) atoms. The maximum Gasteiger partial charge on any atom is 0.224 e. The summed E-state index contributed by atoms with van der Waals surface area (Å²) >= 11 is 0. The number of benzene rings is 2. The van der Waals surface area contributed by atoms with Crippen LogP contribution in [0.2, 0.25) is 0 Å². The van der Waals surface area contributed by atoms with Crippen molar-refractivity contribution in [3.8, 4) is 11.3 Å². The Balaban J connectivity index is 1.46. The predicted octanol–water partition coefficient (Wildman–Crippen LogP) is 5.81. The topological polar surface area (TPSA) is 42.0 Å². The molecule has 132 valence electrons. The first-order chi connectivity index (χ1) is 12.8. The van der Waals surface area contributed by atoms with Crippen LogP contribution in [0.1, 0.15) is 38.5 Å². The molecule has 0 unspecified atom stereocenters. The number of aromatic nitrogens is 1. The molecule has 1 N–H and O–H groups in total. The summed E-state index contributed by atoms with van der Waals surface area (Å²) in [6.45, 7) is 0. The predicted molar refractivity (Wildman–Crippen MR) is 107 cm³/mol. The van der Waals surface area contributed by atoms with Gasteiger partial charge in [-0.2, -0.15) is 0 Å². The highest BCUT2D eigenvalue weighted by Crippen LogP contribution is 2.29. The molecular formula is C23H24N2O. The molecule has 3 nitrogen and oxygen atoms in total. The van der Waals surface area contributed by atoms with Gasteiger partial charge in [0.05, 0.1) is 11.2 Å². The first-order valence-electron chi connectivity index (χ1n) is 9.54. The van der Waals surface area contributed by atoms with Gasteiger partial charge in [-0.3, -0.25) is 4.79 Å². The van der Waals surface area contributed by atoms with Gasteiger partial charge in [0, 0.05) is 23.1 Å². The number of hydrogen-bond donors (Lipinski definition) is 1. The van der Waals surface area contributed by atoms with Gasteiger partial charge in [-0.05, 0) is 36.6 Å². The fourth-order valence-electron chi connectivity index (χ4n) is 3.84. The summed E-state index contributed by atoms with van der Waals surface area (Å²) in [6.07, 6.45) is 6.86. The lowest BCUT2D eigenvalue weighted by Gasteiger charge is -2.10. The van der Waals surface area contributed by atoms with E-state index in [0.717, 1.165) is 40.2 Å². The number of carbonyl (C=O) groups excluding carboxylic acids is 1. The fraction of sp³-hybridized carbons (Fsp3) is 0.304. The zero-order valence-corrected chi connectivity index (χ0v) is 14.9. The summed E-state index contributed by atoms with van der Waals surface area (Å²) in [5.74, 6) is 0.856. The molecule has 0 bridgehead atoms. The molecule has 1 aromatic heterocycles. The third kappa shape index (κ3) is 3.93. The smallest absolute Gasteiger partial charge is 0.224 e. The molecule has 2 aromatic carbocycles. The van der Waals surface area contributed by atoms with Crippen molar-refractivity contribution in [2.24, 2.45) is 5.92 Å². The number of rotatable bonds is 5. The maximum atomic E-state index is 12.3. The lowest BCUT2D eigenvalue weighted by Crippen LogP contribution is -2.12. The molecule has 4 rings (SSSR count). The van der Waals surface area contributed by atoms with Gasteiger partial charge in [-0.1, -0.05) is 62.1 Å². The summed E-state index contributed by atoms with van der Waals surface area (Å²) in [5, 5.41) is 4.18. The highest BCUT2D eigenvalue weighted by molar-refractivity contribution is 5.91. The summed E-state index contributed by atoms with van der Waals surface area (Å²) in [5.41, 5.74) is 3.76. The minimum atomic E-state index is 0.112. The van der Waals surface area contributed by atoms with Crippen molar-refractivity contribution in [3.05, 3.63) is 60.7 Å². The Morgan fingerprint density at radius 2 is 1.85 bits per heavy atom. The normalized spacial score (nSPS) is 14.6. The van der Waals surface area contributed by atoms with E-state index >= 15 is 0 Å². The highest BCUT2D eigenvalue weighted by Gasteiger charge is 2.16. The van der Waals surface area contributed by atoms with Gasteiger partial charge in [0.1, 0.15) is 0 Å². The molecule has 3 heteroatoms. The van der Waals surface area contributed by atoms with E-state index in [2.05, 4.69) is 17.4 Å². The Morgan fingerprint density at radius 3 is 2.73 bits per heavy atom. The number of para-hydroxylation sites is 1. The first kappa shape index (κ1) is 16.8. The van der Waals surface area contributed by atoms with Crippen molar-refractivity contribution in [2.75, 3.05) is 5.32 Å². The number of hydrogen-bond acceptors (Lipinski definition) is 2. The van der Waals surface area contributed by atoms with Gasteiger partial charge >= 0.3 is 0 Å². The van der Waals surface area contributed by atoms with Gasteiger partial charge in [-0.25, -0.2) is 4.98 Å². The van der Waals surface area contributed by atoms with E-state index in [1.807, 2.05) is 48.5 Å². The summed E-state index contributed by atoms with van der Waals surface area (Å²) in [4.78, 5) is 17.0. The van der Waals surface area contributed by atoms with Crippen LogP contribution in [0.4, 0.5) is 5.69 Å². The molecule has 1 amide bonds. The zero-order chi connectivity index (χ0) is 17.8. The standard InChI is InChI=1S/C23H24N2O/c26-23(15-12-17-6-1-2-7-17)24-20-10-5-9-19(16-20)22-14-13-18-8-3-4-11-21(18)25-22/h3-5,8-11,13-14,16-17H,1-2,6-7,12,15H2,(H,24,26). The van der Waals surface area contributed by atoms with Crippen molar-refractivity contribution >= 4 is 22.5 Å². The van der Waals surface area contributed by atoms with Crippen LogP contribution in [0.15, 0.2) is 60.7 Å². The molecule has 1 heterocycles. The number of nitrogens with one attached hydrogen (secondary N) is 1. The highest BCUT2D eigenvalue weighted by atomic mass is 16.1. The van der Waals surface area contributed by atoms with Crippen LogP contribution in [-0.2, 0) is 4.79 Å². The first-order valence-corrected chi connectivity index (χ1v) is 9.54. The summed E-state index contributed by atoms with van der Waals surface area (Å²) < 4.78 is 0. The van der Waals surface area contributed by atoms with Crippen LogP contribution in [0.3, 0.4) is 0 Å². The fourth-order valence-corrected chi connectivity index (χ4v) is 3.84. The van der Waals surface area contributed by atoms with Crippen molar-refractivity contribution in [2.45, 2.75) is 38.5 Å². The number of carbonyl (C=O) groups is 1. The van der Waals surface area contributed by atoms with Crippen molar-refractivity contribution in [3.63, 3.8) is 0 Å². The van der Waals surface area contributed by atoms with E-state index in [4.69, 9.17) is 4.98 Å². The Morgan fingerprint density at radius 1 is 1.00 bits per heavy atom. The van der Waals surface area contributed by atoms with E-state index in [9.17, 15) is 4.79 Å². The number of nitrogens with zero attached hydrogens (tertiary/aromatic N) is 1. The number of fused-ring (bicyclic) bond motifs is 1. The lowest BCUT2D eigenvalue weighted by atomic mass is 10.0. The Hall–Kier alpha value is -2.68. The Kier molecular flexibility index (Phi) is 4.96. The Labute approximate surface area is 154 Å². The third-order valence-corrected chi connectivity index (χ3v) is 5.29. The second-order valence-corrected chi connectivity index (χ2v) is 7.21. The number of anilines is 1. The summed E-state index contributed by atoms with van der Waals surface area (Å²) in [6, 6.07) is 20.2. The molecule has 1 aliphatic rings. The molecule has 3 aromatic rings. The van der Waals surface area contributed by atoms with Crippen LogP contribution in [0.5, 0.6) is 0 Å². The summed E-state index contributed by atoms with van der Waals surface area (Å²) in [7, 11) is 0. The van der Waals surface area contributed by atoms with Gasteiger partial charge in [-0.15, -0.1) is 0 Å². The molecule has 1 fully saturated rings. The Bertz CT molecular complexity index is 913. The van der Waals surface area contributed by atoms with E-state index < -0.39 is 0 Å².